The van der Waals surface area contributed by atoms with E-state index in [9.17, 15) is 9.59 Å². The van der Waals surface area contributed by atoms with Crippen molar-refractivity contribution in [2.75, 3.05) is 19.6 Å². The molecule has 5 heterocycles. The number of likely N-dealkylation sites (tertiary alicyclic amines) is 1. The molecule has 6 nitrogen and oxygen atoms in total. The van der Waals surface area contributed by atoms with E-state index in [0.717, 1.165) is 25.9 Å². The summed E-state index contributed by atoms with van der Waals surface area (Å²) in [4.78, 5) is 35.7. The third-order valence-electron chi connectivity index (χ3n) is 6.37. The molecule has 2 bridgehead atoms. The number of nitrogens with one attached hydrogen (secondary N) is 1. The summed E-state index contributed by atoms with van der Waals surface area (Å²) in [6, 6.07) is 11.2. The van der Waals surface area contributed by atoms with Gasteiger partial charge in [-0.1, -0.05) is 30.3 Å². The number of carbonyl (C=O) groups is 1. The summed E-state index contributed by atoms with van der Waals surface area (Å²) in [7, 11) is 0. The van der Waals surface area contributed by atoms with Gasteiger partial charge in [0.2, 0.25) is 0 Å². The average molecular weight is 350 g/mol. The Kier molecular flexibility index (Phi) is 3.67. The first-order valence-electron chi connectivity index (χ1n) is 9.37. The van der Waals surface area contributed by atoms with Gasteiger partial charge in [-0.2, -0.15) is 0 Å². The van der Waals surface area contributed by atoms with Crippen molar-refractivity contribution in [3.05, 3.63) is 64.3 Å². The number of hydrogen-bond donors (Lipinski definition) is 1. The Morgan fingerprint density at radius 3 is 2.58 bits per heavy atom. The van der Waals surface area contributed by atoms with Gasteiger partial charge in [0.15, 0.2) is 0 Å². The predicted octanol–water partition coefficient (Wildman–Crippen LogP) is 1.47. The van der Waals surface area contributed by atoms with E-state index in [0.29, 0.717) is 30.1 Å². The lowest BCUT2D eigenvalue weighted by Gasteiger charge is -2.51. The van der Waals surface area contributed by atoms with Crippen LogP contribution < -0.4 is 5.56 Å². The molecule has 0 unspecified atom stereocenters. The van der Waals surface area contributed by atoms with Gasteiger partial charge in [0.05, 0.1) is 12.2 Å². The molecule has 4 aliphatic heterocycles. The Morgan fingerprint density at radius 2 is 1.88 bits per heavy atom. The van der Waals surface area contributed by atoms with E-state index in [2.05, 4.69) is 39.1 Å². The summed E-state index contributed by atoms with van der Waals surface area (Å²) in [6.07, 6.45) is 4.94. The van der Waals surface area contributed by atoms with Gasteiger partial charge in [-0.25, -0.2) is 4.98 Å². The summed E-state index contributed by atoms with van der Waals surface area (Å²) in [6.45, 7) is 2.98. The van der Waals surface area contributed by atoms with Gasteiger partial charge >= 0.3 is 0 Å². The van der Waals surface area contributed by atoms with E-state index >= 15 is 0 Å². The number of aromatic nitrogens is 2. The second-order valence-electron chi connectivity index (χ2n) is 7.63. The van der Waals surface area contributed by atoms with Crippen molar-refractivity contribution in [3.63, 3.8) is 0 Å². The number of benzene rings is 1. The molecule has 4 aliphatic rings. The van der Waals surface area contributed by atoms with Crippen LogP contribution in [0.4, 0.5) is 0 Å². The highest BCUT2D eigenvalue weighted by molar-refractivity contribution is 5.92. The summed E-state index contributed by atoms with van der Waals surface area (Å²) in [5, 5.41) is 0. The van der Waals surface area contributed by atoms with Gasteiger partial charge in [-0.3, -0.25) is 14.5 Å². The van der Waals surface area contributed by atoms with Crippen LogP contribution in [0, 0.1) is 5.92 Å². The zero-order valence-corrected chi connectivity index (χ0v) is 14.5. The van der Waals surface area contributed by atoms with Gasteiger partial charge in [-0.05, 0) is 37.4 Å². The summed E-state index contributed by atoms with van der Waals surface area (Å²) in [5.41, 5.74) is 1.35. The fraction of sp³-hybridized carbons (Fsp3) is 0.450. The smallest absolute Gasteiger partial charge is 0.274 e. The van der Waals surface area contributed by atoms with E-state index in [4.69, 9.17) is 0 Å². The molecule has 6 heteroatoms. The first kappa shape index (κ1) is 15.8. The van der Waals surface area contributed by atoms with Gasteiger partial charge in [0.1, 0.15) is 5.69 Å². The van der Waals surface area contributed by atoms with Gasteiger partial charge in [0.25, 0.3) is 11.5 Å². The van der Waals surface area contributed by atoms with Gasteiger partial charge < -0.3 is 9.88 Å². The number of amides is 1. The van der Waals surface area contributed by atoms with E-state index in [1.807, 2.05) is 11.0 Å². The van der Waals surface area contributed by atoms with Crippen LogP contribution in [0.15, 0.2) is 47.5 Å². The largest absolute Gasteiger partial charge is 0.332 e. The Morgan fingerprint density at radius 1 is 1.12 bits per heavy atom. The normalized spacial score (nSPS) is 32.5. The number of hydrogen-bond acceptors (Lipinski definition) is 4. The minimum absolute atomic E-state index is 0.0663. The molecule has 0 saturated carbocycles. The highest BCUT2D eigenvalue weighted by atomic mass is 16.2. The van der Waals surface area contributed by atoms with Crippen molar-refractivity contribution in [2.24, 2.45) is 5.92 Å². The van der Waals surface area contributed by atoms with Crippen LogP contribution in [0.5, 0.6) is 0 Å². The summed E-state index contributed by atoms with van der Waals surface area (Å²) < 4.78 is 0. The molecule has 4 fully saturated rings. The Hall–Kier alpha value is -2.47. The van der Waals surface area contributed by atoms with Crippen molar-refractivity contribution < 1.29 is 4.79 Å². The number of nitrogens with zero attached hydrogens (tertiary/aromatic N) is 3. The van der Waals surface area contributed by atoms with Crippen LogP contribution >= 0.6 is 0 Å². The highest BCUT2D eigenvalue weighted by Gasteiger charge is 2.54. The molecule has 6 rings (SSSR count). The molecule has 1 aromatic heterocycles. The molecule has 0 radical (unpaired) electrons. The minimum Gasteiger partial charge on any atom is -0.332 e. The number of carbonyl (C=O) groups excluding carboxylic acids is 1. The number of H-pyrrole nitrogens is 1. The van der Waals surface area contributed by atoms with Crippen molar-refractivity contribution in [3.8, 4) is 0 Å². The van der Waals surface area contributed by atoms with E-state index in [1.54, 1.807) is 0 Å². The maximum Gasteiger partial charge on any atom is 0.274 e. The molecule has 0 spiro atoms. The maximum absolute atomic E-state index is 13.2. The average Bonchev–Trinajstić information content (AvgIpc) is 3.12. The van der Waals surface area contributed by atoms with Crippen LogP contribution in [-0.4, -0.2) is 57.4 Å². The molecule has 0 aliphatic carbocycles. The van der Waals surface area contributed by atoms with Gasteiger partial charge in [0, 0.05) is 24.7 Å². The first-order chi connectivity index (χ1) is 12.7. The highest BCUT2D eigenvalue weighted by Crippen LogP contribution is 2.46. The monoisotopic (exact) mass is 350 g/mol. The predicted molar refractivity (Wildman–Crippen MR) is 97.0 cm³/mol. The van der Waals surface area contributed by atoms with Crippen molar-refractivity contribution >= 4 is 5.91 Å². The van der Waals surface area contributed by atoms with Crippen LogP contribution in [-0.2, 0) is 0 Å². The topological polar surface area (TPSA) is 69.3 Å². The zero-order chi connectivity index (χ0) is 17.7. The lowest BCUT2D eigenvalue weighted by molar-refractivity contribution is -0.00359. The fourth-order valence-electron chi connectivity index (χ4n) is 5.25. The molecular formula is C20H22N4O2. The lowest BCUT2D eigenvalue weighted by atomic mass is 9.75. The molecular weight excluding hydrogens is 328 g/mol. The number of rotatable bonds is 2. The van der Waals surface area contributed by atoms with Crippen molar-refractivity contribution in [2.45, 2.75) is 30.8 Å². The lowest BCUT2D eigenvalue weighted by Crippen LogP contribution is -2.60. The maximum atomic E-state index is 13.2. The number of aromatic amines is 1. The summed E-state index contributed by atoms with van der Waals surface area (Å²) in [5.74, 6) is 0.824. The molecule has 1 amide bonds. The third-order valence-corrected chi connectivity index (χ3v) is 6.37. The van der Waals surface area contributed by atoms with E-state index < -0.39 is 0 Å². The minimum atomic E-state index is -0.286. The van der Waals surface area contributed by atoms with E-state index in [-0.39, 0.29) is 17.5 Å². The third kappa shape index (κ3) is 2.40. The van der Waals surface area contributed by atoms with Crippen LogP contribution in [0.2, 0.25) is 0 Å². The molecule has 3 atom stereocenters. The second kappa shape index (κ2) is 6.06. The van der Waals surface area contributed by atoms with Crippen LogP contribution in [0.25, 0.3) is 0 Å². The molecule has 134 valence electrons. The van der Waals surface area contributed by atoms with Gasteiger partial charge in [-0.15, -0.1) is 0 Å². The Bertz CT molecular complexity index is 852. The van der Waals surface area contributed by atoms with Crippen LogP contribution in [0.1, 0.15) is 34.8 Å². The first-order valence-corrected chi connectivity index (χ1v) is 9.37. The Balaban J connectivity index is 1.52. The number of fused-ring (bicyclic) bond motifs is 2. The van der Waals surface area contributed by atoms with E-state index in [1.165, 1.54) is 18.0 Å². The molecule has 4 saturated heterocycles. The van der Waals surface area contributed by atoms with Crippen LogP contribution in [0.3, 0.4) is 0 Å². The molecule has 2 aromatic rings. The SMILES string of the molecule is O=C(c1c[nH]c(=O)cn1)N1C[C@@H](c2ccccc2)[C@@H]2[C@H]1C1CCN2CC1. The standard InChI is InChI=1S/C20H22N4O2/c25-17-11-21-16(10-22-17)20(26)24-12-15(13-4-2-1-3-5-13)19-18(24)14-6-8-23(19)9-7-14/h1-5,10-11,14-15,18-19H,6-9,12H2,(H,22,25)/t15-,18+,19+/m0/s1. The second-order valence-corrected chi connectivity index (χ2v) is 7.63. The molecule has 26 heavy (non-hydrogen) atoms. The fourth-order valence-corrected chi connectivity index (χ4v) is 5.25. The molecule has 1 aromatic carbocycles. The molecule has 1 N–H and O–H groups in total. The number of piperidine rings is 3. The van der Waals surface area contributed by atoms with Crippen molar-refractivity contribution in [1.82, 2.24) is 19.8 Å². The zero-order valence-electron chi connectivity index (χ0n) is 14.5. The Labute approximate surface area is 151 Å². The summed E-state index contributed by atoms with van der Waals surface area (Å²) >= 11 is 0. The van der Waals surface area contributed by atoms with Crippen molar-refractivity contribution in [1.29, 1.82) is 0 Å². The quantitative estimate of drug-likeness (QED) is 0.891.